The second-order valence-electron chi connectivity index (χ2n) is 7.11. The average molecular weight is 313 g/mol. The molecule has 0 radical (unpaired) electrons. The third kappa shape index (κ3) is 3.19. The Morgan fingerprint density at radius 2 is 2.00 bits per heavy atom. The van der Waals surface area contributed by atoms with Crippen LogP contribution in [0.25, 0.3) is 10.9 Å². The van der Waals surface area contributed by atoms with Gasteiger partial charge in [-0.3, -0.25) is 4.79 Å². The Kier molecular flexibility index (Phi) is 3.74. The lowest BCUT2D eigenvalue weighted by Crippen LogP contribution is -2.19. The summed E-state index contributed by atoms with van der Waals surface area (Å²) in [6.45, 7) is 3.86. The molecule has 0 unspecified atom stereocenters. The van der Waals surface area contributed by atoms with Gasteiger partial charge in [0.05, 0.1) is 25.9 Å². The summed E-state index contributed by atoms with van der Waals surface area (Å²) in [6, 6.07) is 7.63. The highest BCUT2D eigenvalue weighted by molar-refractivity contribution is 5.79. The third-order valence-electron chi connectivity index (χ3n) is 5.01. The average Bonchev–Trinajstić information content (AvgIpc) is 3.46. The van der Waals surface area contributed by atoms with Gasteiger partial charge >= 0.3 is 0 Å². The molecule has 1 aromatic heterocycles. The molecule has 0 bridgehead atoms. The van der Waals surface area contributed by atoms with Gasteiger partial charge in [-0.05, 0) is 44.7 Å². The molecule has 2 saturated carbocycles. The maximum Gasteiger partial charge on any atom is 0.192 e. The van der Waals surface area contributed by atoms with E-state index in [1.54, 1.807) is 0 Å². The minimum atomic E-state index is 0.0937. The van der Waals surface area contributed by atoms with Gasteiger partial charge in [0.1, 0.15) is 0 Å². The number of aromatic amines is 1. The number of nitrogens with one attached hydrogen (secondary N) is 1. The second kappa shape index (κ2) is 5.77. The van der Waals surface area contributed by atoms with Crippen molar-refractivity contribution in [2.45, 2.75) is 45.3 Å². The van der Waals surface area contributed by atoms with Crippen LogP contribution >= 0.6 is 0 Å². The quantitative estimate of drug-likeness (QED) is 0.853. The summed E-state index contributed by atoms with van der Waals surface area (Å²) in [4.78, 5) is 15.8. The molecule has 1 heterocycles. The van der Waals surface area contributed by atoms with Crippen LogP contribution in [0.3, 0.4) is 0 Å². The van der Waals surface area contributed by atoms with E-state index >= 15 is 0 Å². The largest absolute Gasteiger partial charge is 0.378 e. The van der Waals surface area contributed by atoms with Crippen LogP contribution in [-0.2, 0) is 16.1 Å². The van der Waals surface area contributed by atoms with Crippen molar-refractivity contribution in [1.82, 2.24) is 4.98 Å². The van der Waals surface area contributed by atoms with Gasteiger partial charge in [0.2, 0.25) is 0 Å². The summed E-state index contributed by atoms with van der Waals surface area (Å²) >= 11 is 0. The van der Waals surface area contributed by atoms with Gasteiger partial charge in [0.25, 0.3) is 0 Å². The Bertz CT molecular complexity index is 772. The molecule has 1 aromatic carbocycles. The van der Waals surface area contributed by atoms with Crippen LogP contribution in [0.1, 0.15) is 36.9 Å². The number of aromatic nitrogens is 1. The minimum absolute atomic E-state index is 0.0937. The zero-order chi connectivity index (χ0) is 15.9. The van der Waals surface area contributed by atoms with E-state index in [1.807, 2.05) is 31.2 Å². The fourth-order valence-electron chi connectivity index (χ4n) is 2.94. The summed E-state index contributed by atoms with van der Waals surface area (Å²) in [6.07, 6.45) is 5.31. The lowest BCUT2D eigenvalue weighted by molar-refractivity contribution is 0.0144. The van der Waals surface area contributed by atoms with E-state index in [0.29, 0.717) is 19.3 Å². The van der Waals surface area contributed by atoms with Gasteiger partial charge in [-0.2, -0.15) is 0 Å². The topological polar surface area (TPSA) is 51.3 Å². The molecule has 2 aromatic rings. The zero-order valence-corrected chi connectivity index (χ0v) is 13.6. The van der Waals surface area contributed by atoms with Gasteiger partial charge in [0.15, 0.2) is 5.43 Å². The number of benzene rings is 1. The van der Waals surface area contributed by atoms with E-state index < -0.39 is 0 Å². The SMILES string of the molecule is Cc1c(COCC2(COC3CC3)CC2)[nH]c2ccccc2c1=O. The van der Waals surface area contributed by atoms with Crippen LogP contribution in [-0.4, -0.2) is 24.3 Å². The van der Waals surface area contributed by atoms with Crippen molar-refractivity contribution in [2.24, 2.45) is 5.41 Å². The normalized spacial score (nSPS) is 19.2. The van der Waals surface area contributed by atoms with Crippen molar-refractivity contribution in [3.63, 3.8) is 0 Å². The van der Waals surface area contributed by atoms with Crippen LogP contribution in [0.15, 0.2) is 29.1 Å². The van der Waals surface area contributed by atoms with Crippen molar-refractivity contribution in [3.05, 3.63) is 45.7 Å². The molecule has 1 N–H and O–H groups in total. The molecule has 0 aliphatic heterocycles. The molecule has 4 rings (SSSR count). The van der Waals surface area contributed by atoms with Gasteiger partial charge in [-0.1, -0.05) is 12.1 Å². The summed E-state index contributed by atoms with van der Waals surface area (Å²) in [5.74, 6) is 0. The van der Waals surface area contributed by atoms with E-state index in [2.05, 4.69) is 4.98 Å². The molecule has 0 amide bonds. The van der Waals surface area contributed by atoms with Gasteiger partial charge < -0.3 is 14.5 Å². The number of H-pyrrole nitrogens is 1. The first-order valence-electron chi connectivity index (χ1n) is 8.47. The summed E-state index contributed by atoms with van der Waals surface area (Å²) in [7, 11) is 0. The highest BCUT2D eigenvalue weighted by atomic mass is 16.5. The summed E-state index contributed by atoms with van der Waals surface area (Å²) in [5, 5.41) is 0.741. The highest BCUT2D eigenvalue weighted by Gasteiger charge is 2.44. The molecule has 23 heavy (non-hydrogen) atoms. The lowest BCUT2D eigenvalue weighted by Gasteiger charge is -2.16. The van der Waals surface area contributed by atoms with Crippen LogP contribution < -0.4 is 5.43 Å². The second-order valence-corrected chi connectivity index (χ2v) is 7.11. The summed E-state index contributed by atoms with van der Waals surface area (Å²) < 4.78 is 11.8. The number of hydrogen-bond acceptors (Lipinski definition) is 3. The molecule has 0 atom stereocenters. The number of pyridine rings is 1. The first-order valence-corrected chi connectivity index (χ1v) is 8.47. The van der Waals surface area contributed by atoms with Crippen LogP contribution in [0.2, 0.25) is 0 Å². The Balaban J connectivity index is 1.41. The first-order chi connectivity index (χ1) is 11.2. The molecular weight excluding hydrogens is 290 g/mol. The fraction of sp³-hybridized carbons (Fsp3) is 0.526. The van der Waals surface area contributed by atoms with E-state index in [4.69, 9.17) is 9.47 Å². The molecule has 0 saturated heterocycles. The van der Waals surface area contributed by atoms with Gasteiger partial charge in [-0.15, -0.1) is 0 Å². The molecule has 2 aliphatic rings. The van der Waals surface area contributed by atoms with E-state index in [9.17, 15) is 4.79 Å². The molecule has 0 spiro atoms. The standard InChI is InChI=1S/C19H23NO3/c1-13-17(20-16-5-3-2-4-15(16)18(13)21)10-22-11-19(8-9-19)12-23-14-6-7-14/h2-5,14H,6-12H2,1H3,(H,20,21). The monoisotopic (exact) mass is 313 g/mol. The maximum absolute atomic E-state index is 12.4. The number of rotatable bonds is 7. The number of fused-ring (bicyclic) bond motifs is 1. The van der Waals surface area contributed by atoms with Gasteiger partial charge in [-0.25, -0.2) is 0 Å². The van der Waals surface area contributed by atoms with Gasteiger partial charge in [0, 0.05) is 27.6 Å². The molecule has 4 heteroatoms. The molecule has 2 fully saturated rings. The Hall–Kier alpha value is -1.65. The Morgan fingerprint density at radius 3 is 2.74 bits per heavy atom. The van der Waals surface area contributed by atoms with Crippen molar-refractivity contribution in [3.8, 4) is 0 Å². The van der Waals surface area contributed by atoms with Crippen LogP contribution in [0, 0.1) is 12.3 Å². The number of ether oxygens (including phenoxy) is 2. The van der Waals surface area contributed by atoms with Crippen molar-refractivity contribution in [2.75, 3.05) is 13.2 Å². The third-order valence-corrected chi connectivity index (χ3v) is 5.01. The maximum atomic E-state index is 12.4. The lowest BCUT2D eigenvalue weighted by atomic mass is 10.1. The van der Waals surface area contributed by atoms with E-state index in [1.165, 1.54) is 25.7 Å². The molecule has 122 valence electrons. The predicted molar refractivity (Wildman–Crippen MR) is 89.6 cm³/mol. The fourth-order valence-corrected chi connectivity index (χ4v) is 2.94. The van der Waals surface area contributed by atoms with Crippen molar-refractivity contribution < 1.29 is 9.47 Å². The van der Waals surface area contributed by atoms with Crippen LogP contribution in [0.4, 0.5) is 0 Å². The summed E-state index contributed by atoms with van der Waals surface area (Å²) in [5.41, 5.74) is 2.83. The minimum Gasteiger partial charge on any atom is -0.378 e. The van der Waals surface area contributed by atoms with Crippen molar-refractivity contribution in [1.29, 1.82) is 0 Å². The predicted octanol–water partition coefficient (Wildman–Crippen LogP) is 3.31. The first kappa shape index (κ1) is 14.9. The molecule has 4 nitrogen and oxygen atoms in total. The Morgan fingerprint density at radius 1 is 1.22 bits per heavy atom. The Labute approximate surface area is 135 Å². The van der Waals surface area contributed by atoms with E-state index in [-0.39, 0.29) is 10.8 Å². The van der Waals surface area contributed by atoms with Crippen LogP contribution in [0.5, 0.6) is 0 Å². The smallest absolute Gasteiger partial charge is 0.192 e. The number of hydrogen-bond donors (Lipinski definition) is 1. The van der Waals surface area contributed by atoms with E-state index in [0.717, 1.165) is 28.8 Å². The highest BCUT2D eigenvalue weighted by Crippen LogP contribution is 2.47. The van der Waals surface area contributed by atoms with Crippen molar-refractivity contribution >= 4 is 10.9 Å². The zero-order valence-electron chi connectivity index (χ0n) is 13.6. The molecule has 2 aliphatic carbocycles. The number of para-hydroxylation sites is 1. The molecular formula is C19H23NO3.